The predicted octanol–water partition coefficient (Wildman–Crippen LogP) is 3.91. The molecule has 0 fully saturated rings. The van der Waals surface area contributed by atoms with Gasteiger partial charge in [0.05, 0.1) is 0 Å². The number of hydrogen-bond acceptors (Lipinski definition) is 3. The Bertz CT molecular complexity index is 623. The molecule has 21 heavy (non-hydrogen) atoms. The van der Waals surface area contributed by atoms with Gasteiger partial charge in [0.25, 0.3) is 0 Å². The maximum absolute atomic E-state index is 11.1. The number of benzene rings is 2. The van der Waals surface area contributed by atoms with E-state index in [2.05, 4.69) is 15.9 Å². The van der Waals surface area contributed by atoms with Crippen LogP contribution in [0.3, 0.4) is 0 Å². The number of rotatable bonds is 6. The Kier molecular flexibility index (Phi) is 5.22. The van der Waals surface area contributed by atoms with Crippen molar-refractivity contribution in [2.75, 3.05) is 13.2 Å². The molecule has 0 unspecified atom stereocenters. The summed E-state index contributed by atoms with van der Waals surface area (Å²) in [5, 5.41) is 9.13. The van der Waals surface area contributed by atoms with E-state index in [1.807, 2.05) is 37.3 Å². The van der Waals surface area contributed by atoms with Gasteiger partial charge in [0.15, 0.2) is 0 Å². The molecule has 2 aromatic carbocycles. The van der Waals surface area contributed by atoms with Crippen LogP contribution in [-0.2, 0) is 0 Å². The van der Waals surface area contributed by atoms with Crippen LogP contribution in [0.1, 0.15) is 15.9 Å². The highest BCUT2D eigenvalue weighted by Gasteiger charge is 2.11. The zero-order chi connectivity index (χ0) is 15.2. The van der Waals surface area contributed by atoms with Crippen LogP contribution in [0, 0.1) is 6.92 Å². The van der Waals surface area contributed by atoms with Crippen LogP contribution >= 0.6 is 15.9 Å². The van der Waals surface area contributed by atoms with E-state index in [1.165, 1.54) is 0 Å². The summed E-state index contributed by atoms with van der Waals surface area (Å²) in [5.41, 5.74) is 1.05. The Labute approximate surface area is 131 Å². The minimum Gasteiger partial charge on any atom is -0.490 e. The van der Waals surface area contributed by atoms with Crippen molar-refractivity contribution >= 4 is 21.9 Å². The van der Waals surface area contributed by atoms with E-state index in [1.54, 1.807) is 12.1 Å². The lowest BCUT2D eigenvalue weighted by molar-refractivity contribution is 0.0691. The summed E-state index contributed by atoms with van der Waals surface area (Å²) in [6.45, 7) is 2.46. The first-order valence-corrected chi connectivity index (χ1v) is 7.20. The zero-order valence-electron chi connectivity index (χ0n) is 11.5. The Morgan fingerprint density at radius 2 is 1.76 bits per heavy atom. The third-order valence-corrected chi connectivity index (χ3v) is 3.32. The molecular weight excluding hydrogens is 336 g/mol. The van der Waals surface area contributed by atoms with E-state index in [0.29, 0.717) is 12.4 Å². The van der Waals surface area contributed by atoms with Crippen molar-refractivity contribution in [3.63, 3.8) is 0 Å². The van der Waals surface area contributed by atoms with Crippen LogP contribution in [-0.4, -0.2) is 24.3 Å². The molecule has 110 valence electrons. The molecule has 5 heteroatoms. The molecule has 0 saturated heterocycles. The molecule has 0 spiro atoms. The molecule has 0 radical (unpaired) electrons. The molecular formula is C16H15BrO4. The molecule has 2 rings (SSSR count). The van der Waals surface area contributed by atoms with Gasteiger partial charge in [-0.3, -0.25) is 0 Å². The van der Waals surface area contributed by atoms with E-state index in [0.717, 1.165) is 15.8 Å². The molecule has 0 aliphatic carbocycles. The summed E-state index contributed by atoms with van der Waals surface area (Å²) in [5.74, 6) is 0.0965. The first-order chi connectivity index (χ1) is 10.1. The van der Waals surface area contributed by atoms with Gasteiger partial charge in [0.1, 0.15) is 30.3 Å². The molecule has 0 bridgehead atoms. The lowest BCUT2D eigenvalue weighted by Crippen LogP contribution is -2.11. The van der Waals surface area contributed by atoms with Gasteiger partial charge in [0, 0.05) is 4.47 Å². The second-order valence-electron chi connectivity index (χ2n) is 4.46. The quantitative estimate of drug-likeness (QED) is 0.802. The van der Waals surface area contributed by atoms with Crippen LogP contribution in [0.15, 0.2) is 46.9 Å². The summed E-state index contributed by atoms with van der Waals surface area (Å²) in [4.78, 5) is 11.1. The van der Waals surface area contributed by atoms with Gasteiger partial charge in [-0.2, -0.15) is 0 Å². The van der Waals surface area contributed by atoms with Crippen molar-refractivity contribution in [2.24, 2.45) is 0 Å². The number of ether oxygens (including phenoxy) is 2. The molecule has 0 amide bonds. The van der Waals surface area contributed by atoms with E-state index < -0.39 is 5.97 Å². The second kappa shape index (κ2) is 7.13. The maximum Gasteiger partial charge on any atom is 0.339 e. The summed E-state index contributed by atoms with van der Waals surface area (Å²) < 4.78 is 12.0. The third kappa shape index (κ3) is 4.49. The average Bonchev–Trinajstić information content (AvgIpc) is 2.46. The predicted molar refractivity (Wildman–Crippen MR) is 83.3 cm³/mol. The number of carbonyl (C=O) groups is 1. The summed E-state index contributed by atoms with van der Waals surface area (Å²) in [6, 6.07) is 12.5. The van der Waals surface area contributed by atoms with Crippen LogP contribution in [0.5, 0.6) is 11.5 Å². The van der Waals surface area contributed by atoms with Gasteiger partial charge in [-0.15, -0.1) is 0 Å². The highest BCUT2D eigenvalue weighted by Crippen LogP contribution is 2.20. The standard InChI is InChI=1S/C16H15BrO4/c1-11-2-7-15(14(10-11)16(18)19)21-9-8-20-13-5-3-12(17)4-6-13/h2-7,10H,8-9H2,1H3,(H,18,19). The SMILES string of the molecule is Cc1ccc(OCCOc2ccc(Br)cc2)c(C(=O)O)c1. The van der Waals surface area contributed by atoms with Crippen LogP contribution < -0.4 is 9.47 Å². The van der Waals surface area contributed by atoms with Crippen molar-refractivity contribution in [1.82, 2.24) is 0 Å². The number of hydrogen-bond donors (Lipinski definition) is 1. The molecule has 4 nitrogen and oxygen atoms in total. The first kappa shape index (κ1) is 15.4. The van der Waals surface area contributed by atoms with E-state index in [4.69, 9.17) is 14.6 Å². The fourth-order valence-corrected chi connectivity index (χ4v) is 2.04. The highest BCUT2D eigenvalue weighted by atomic mass is 79.9. The van der Waals surface area contributed by atoms with E-state index >= 15 is 0 Å². The molecule has 0 atom stereocenters. The maximum atomic E-state index is 11.1. The van der Waals surface area contributed by atoms with Gasteiger partial charge < -0.3 is 14.6 Å². The monoisotopic (exact) mass is 350 g/mol. The minimum absolute atomic E-state index is 0.165. The zero-order valence-corrected chi connectivity index (χ0v) is 13.1. The van der Waals surface area contributed by atoms with E-state index in [9.17, 15) is 4.79 Å². The van der Waals surface area contributed by atoms with Crippen LogP contribution in [0.25, 0.3) is 0 Å². The first-order valence-electron chi connectivity index (χ1n) is 6.41. The van der Waals surface area contributed by atoms with Crippen molar-refractivity contribution < 1.29 is 19.4 Å². The average molecular weight is 351 g/mol. The summed E-state index contributed by atoms with van der Waals surface area (Å²) in [6.07, 6.45) is 0. The Morgan fingerprint density at radius 1 is 1.10 bits per heavy atom. The molecule has 2 aromatic rings. The molecule has 0 aliphatic rings. The van der Waals surface area contributed by atoms with Crippen molar-refractivity contribution in [3.05, 3.63) is 58.1 Å². The lowest BCUT2D eigenvalue weighted by Gasteiger charge is -2.11. The molecule has 0 aromatic heterocycles. The third-order valence-electron chi connectivity index (χ3n) is 2.79. The van der Waals surface area contributed by atoms with Crippen molar-refractivity contribution in [2.45, 2.75) is 6.92 Å². The fourth-order valence-electron chi connectivity index (χ4n) is 1.78. The Morgan fingerprint density at radius 3 is 2.43 bits per heavy atom. The van der Waals surface area contributed by atoms with Gasteiger partial charge in [-0.1, -0.05) is 27.6 Å². The largest absolute Gasteiger partial charge is 0.490 e. The molecule has 0 aliphatic heterocycles. The van der Waals surface area contributed by atoms with Crippen LogP contribution in [0.2, 0.25) is 0 Å². The number of carboxylic acids is 1. The fraction of sp³-hybridized carbons (Fsp3) is 0.188. The van der Waals surface area contributed by atoms with Gasteiger partial charge in [-0.25, -0.2) is 4.79 Å². The minimum atomic E-state index is -0.998. The highest BCUT2D eigenvalue weighted by molar-refractivity contribution is 9.10. The molecule has 0 saturated carbocycles. The molecule has 0 heterocycles. The number of carboxylic acid groups (broad SMARTS) is 1. The topological polar surface area (TPSA) is 55.8 Å². The van der Waals surface area contributed by atoms with Crippen molar-refractivity contribution in [3.8, 4) is 11.5 Å². The van der Waals surface area contributed by atoms with Crippen LogP contribution in [0.4, 0.5) is 0 Å². The Hall–Kier alpha value is -2.01. The summed E-state index contributed by atoms with van der Waals surface area (Å²) >= 11 is 3.35. The lowest BCUT2D eigenvalue weighted by atomic mass is 10.1. The summed E-state index contributed by atoms with van der Waals surface area (Å²) in [7, 11) is 0. The second-order valence-corrected chi connectivity index (χ2v) is 5.37. The number of aryl methyl sites for hydroxylation is 1. The number of aromatic carboxylic acids is 1. The van der Waals surface area contributed by atoms with Gasteiger partial charge in [-0.05, 0) is 43.3 Å². The molecule has 1 N–H and O–H groups in total. The normalized spacial score (nSPS) is 10.2. The van der Waals surface area contributed by atoms with E-state index in [-0.39, 0.29) is 12.2 Å². The van der Waals surface area contributed by atoms with Gasteiger partial charge >= 0.3 is 5.97 Å². The van der Waals surface area contributed by atoms with Crippen molar-refractivity contribution in [1.29, 1.82) is 0 Å². The Balaban J connectivity index is 1.89. The smallest absolute Gasteiger partial charge is 0.339 e. The number of halogens is 1. The van der Waals surface area contributed by atoms with Gasteiger partial charge in [0.2, 0.25) is 0 Å².